The Kier molecular flexibility index (Phi) is 4.30. The largest absolute Gasteiger partial charge is 0.387 e. The zero-order valence-electron chi connectivity index (χ0n) is 14.3. The molecule has 1 saturated carbocycles. The number of nitrogens with one attached hydrogen (secondary N) is 1. The lowest BCUT2D eigenvalue weighted by atomic mass is 9.85. The van der Waals surface area contributed by atoms with E-state index in [1.54, 1.807) is 0 Å². The Balaban J connectivity index is 1.34. The maximum absolute atomic E-state index is 13.2. The van der Waals surface area contributed by atoms with Crippen LogP contribution in [-0.2, 0) is 14.4 Å². The van der Waals surface area contributed by atoms with E-state index in [1.165, 1.54) is 6.07 Å². The number of aliphatic hydroxyl groups is 1. The number of hydrogen-bond donors (Lipinski definition) is 2. The van der Waals surface area contributed by atoms with Crippen molar-refractivity contribution in [3.63, 3.8) is 0 Å². The maximum atomic E-state index is 13.2. The molecule has 2 N–H and O–H groups in total. The smallest absolute Gasteiger partial charge is 0.240 e. The molecule has 1 aromatic rings. The first-order chi connectivity index (χ1) is 12.9. The summed E-state index contributed by atoms with van der Waals surface area (Å²) in [5.41, 5.74) is 0.111. The Labute approximate surface area is 153 Å². The number of hydrogen-bond acceptors (Lipinski definition) is 4. The average molecular weight is 376 g/mol. The van der Waals surface area contributed by atoms with Crippen molar-refractivity contribution >= 4 is 17.7 Å². The zero-order chi connectivity index (χ0) is 19.3. The van der Waals surface area contributed by atoms with E-state index in [4.69, 9.17) is 0 Å². The highest BCUT2D eigenvalue weighted by Gasteiger charge is 2.59. The number of amides is 3. The Morgan fingerprint density at radius 3 is 2.37 bits per heavy atom. The van der Waals surface area contributed by atoms with Crippen molar-refractivity contribution in [3.8, 4) is 0 Å². The number of likely N-dealkylation sites (tertiary alicyclic amines) is 1. The molecule has 1 saturated heterocycles. The van der Waals surface area contributed by atoms with E-state index in [1.807, 2.05) is 12.2 Å². The predicted octanol–water partition coefficient (Wildman–Crippen LogP) is 0.922. The van der Waals surface area contributed by atoms with Crippen LogP contribution in [0.4, 0.5) is 8.78 Å². The van der Waals surface area contributed by atoms with Gasteiger partial charge in [-0.05, 0) is 36.0 Å². The van der Waals surface area contributed by atoms with E-state index in [9.17, 15) is 28.3 Å². The summed E-state index contributed by atoms with van der Waals surface area (Å²) in [5.74, 6) is -3.97. The third kappa shape index (κ3) is 2.93. The summed E-state index contributed by atoms with van der Waals surface area (Å²) in [5, 5.41) is 12.4. The van der Waals surface area contributed by atoms with Crippen molar-refractivity contribution in [3.05, 3.63) is 47.5 Å². The molecule has 3 amide bonds. The van der Waals surface area contributed by atoms with E-state index < -0.39 is 30.2 Å². The van der Waals surface area contributed by atoms with E-state index in [2.05, 4.69) is 5.32 Å². The fourth-order valence-corrected chi connectivity index (χ4v) is 4.37. The lowest BCUT2D eigenvalue weighted by molar-refractivity contribution is -0.144. The Hall–Kier alpha value is -2.61. The fourth-order valence-electron chi connectivity index (χ4n) is 4.37. The Bertz CT molecular complexity index is 826. The van der Waals surface area contributed by atoms with Gasteiger partial charge in [0.25, 0.3) is 0 Å². The van der Waals surface area contributed by atoms with E-state index in [0.29, 0.717) is 0 Å². The van der Waals surface area contributed by atoms with Crippen LogP contribution in [0.15, 0.2) is 30.4 Å². The van der Waals surface area contributed by atoms with Gasteiger partial charge in [-0.25, -0.2) is 8.78 Å². The monoisotopic (exact) mass is 376 g/mol. The van der Waals surface area contributed by atoms with Crippen LogP contribution in [0.25, 0.3) is 0 Å². The van der Waals surface area contributed by atoms with Crippen molar-refractivity contribution in [2.24, 2.45) is 23.7 Å². The number of fused-ring (bicyclic) bond motifs is 5. The molecule has 0 aromatic heterocycles. The first kappa shape index (κ1) is 17.8. The van der Waals surface area contributed by atoms with Crippen molar-refractivity contribution in [1.29, 1.82) is 0 Å². The highest BCUT2D eigenvalue weighted by Crippen LogP contribution is 2.52. The number of benzene rings is 1. The molecule has 142 valence electrons. The SMILES string of the molecule is O=C(CN1C(=O)[C@@H]2[C@H](C1=O)[C@H]1C=C[C@H]2C1)NC[C@@H](O)c1ccc(F)c(F)c1. The molecule has 6 nitrogen and oxygen atoms in total. The number of aliphatic hydroxyl groups excluding tert-OH is 1. The van der Waals surface area contributed by atoms with Gasteiger partial charge in [-0.2, -0.15) is 0 Å². The molecular formula is C19H18F2N2O4. The van der Waals surface area contributed by atoms with Gasteiger partial charge in [-0.3, -0.25) is 19.3 Å². The summed E-state index contributed by atoms with van der Waals surface area (Å²) in [6, 6.07) is 2.95. The predicted molar refractivity (Wildman–Crippen MR) is 88.8 cm³/mol. The molecular weight excluding hydrogens is 358 g/mol. The van der Waals surface area contributed by atoms with Crippen LogP contribution >= 0.6 is 0 Å². The van der Waals surface area contributed by atoms with Crippen LogP contribution < -0.4 is 5.32 Å². The van der Waals surface area contributed by atoms with Gasteiger partial charge in [0.05, 0.1) is 17.9 Å². The summed E-state index contributed by atoms with van der Waals surface area (Å²) in [7, 11) is 0. The van der Waals surface area contributed by atoms with E-state index >= 15 is 0 Å². The quantitative estimate of drug-likeness (QED) is 0.591. The number of halogens is 2. The van der Waals surface area contributed by atoms with Gasteiger partial charge in [0.2, 0.25) is 17.7 Å². The molecule has 1 aromatic carbocycles. The number of nitrogens with zero attached hydrogens (tertiary/aromatic N) is 1. The summed E-state index contributed by atoms with van der Waals surface area (Å²) in [6.45, 7) is -0.658. The minimum atomic E-state index is -1.24. The molecule has 1 heterocycles. The number of imide groups is 1. The van der Waals surface area contributed by atoms with Gasteiger partial charge >= 0.3 is 0 Å². The topological polar surface area (TPSA) is 86.7 Å². The highest BCUT2D eigenvalue weighted by molar-refractivity contribution is 6.08. The van der Waals surface area contributed by atoms with Crippen molar-refractivity contribution < 1.29 is 28.3 Å². The Morgan fingerprint density at radius 2 is 1.78 bits per heavy atom. The molecule has 5 atom stereocenters. The third-order valence-electron chi connectivity index (χ3n) is 5.68. The normalized spacial score (nSPS) is 29.4. The van der Waals surface area contributed by atoms with Crippen LogP contribution in [0.1, 0.15) is 18.1 Å². The molecule has 3 aliphatic rings. The number of carbonyl (C=O) groups excluding carboxylic acids is 3. The highest BCUT2D eigenvalue weighted by atomic mass is 19.2. The average Bonchev–Trinajstić information content (AvgIpc) is 3.32. The van der Waals surface area contributed by atoms with Crippen LogP contribution in [-0.4, -0.2) is 40.8 Å². The molecule has 1 aliphatic heterocycles. The third-order valence-corrected chi connectivity index (χ3v) is 5.68. The summed E-state index contributed by atoms with van der Waals surface area (Å²) in [6.07, 6.45) is 3.51. The second kappa shape index (κ2) is 6.53. The molecule has 2 fully saturated rings. The van der Waals surface area contributed by atoms with Gasteiger partial charge < -0.3 is 10.4 Å². The summed E-state index contributed by atoms with van der Waals surface area (Å²) in [4.78, 5) is 38.1. The lowest BCUT2D eigenvalue weighted by Gasteiger charge is -2.18. The number of allylic oxidation sites excluding steroid dienone is 2. The summed E-state index contributed by atoms with van der Waals surface area (Å²) < 4.78 is 26.1. The second-order valence-corrected chi connectivity index (χ2v) is 7.26. The van der Waals surface area contributed by atoms with Gasteiger partial charge in [0.1, 0.15) is 6.54 Å². The van der Waals surface area contributed by atoms with Crippen molar-refractivity contribution in [2.75, 3.05) is 13.1 Å². The first-order valence-electron chi connectivity index (χ1n) is 8.80. The molecule has 27 heavy (non-hydrogen) atoms. The molecule has 8 heteroatoms. The molecule has 0 spiro atoms. The lowest BCUT2D eigenvalue weighted by Crippen LogP contribution is -2.42. The molecule has 2 aliphatic carbocycles. The number of rotatable bonds is 5. The van der Waals surface area contributed by atoms with E-state index in [0.717, 1.165) is 23.5 Å². The minimum Gasteiger partial charge on any atom is -0.387 e. The Morgan fingerprint density at radius 1 is 1.15 bits per heavy atom. The molecule has 0 radical (unpaired) electrons. The van der Waals surface area contributed by atoms with Gasteiger partial charge in [-0.1, -0.05) is 18.2 Å². The van der Waals surface area contributed by atoms with Crippen molar-refractivity contribution in [1.82, 2.24) is 10.2 Å². The number of carbonyl (C=O) groups is 3. The van der Waals surface area contributed by atoms with E-state index in [-0.39, 0.29) is 47.6 Å². The first-order valence-corrected chi connectivity index (χ1v) is 8.80. The van der Waals surface area contributed by atoms with Crippen LogP contribution in [0.5, 0.6) is 0 Å². The van der Waals surface area contributed by atoms with Crippen molar-refractivity contribution in [2.45, 2.75) is 12.5 Å². The minimum absolute atomic E-state index is 0.0692. The van der Waals surface area contributed by atoms with Crippen LogP contribution in [0.2, 0.25) is 0 Å². The zero-order valence-corrected chi connectivity index (χ0v) is 14.3. The van der Waals surface area contributed by atoms with Gasteiger partial charge in [0.15, 0.2) is 11.6 Å². The van der Waals surface area contributed by atoms with Crippen LogP contribution in [0, 0.1) is 35.3 Å². The fraction of sp³-hybridized carbons (Fsp3) is 0.421. The molecule has 2 bridgehead atoms. The standard InChI is InChI=1S/C19H18F2N2O4/c20-12-4-3-9(6-13(12)21)14(24)7-22-15(25)8-23-18(26)16-10-1-2-11(5-10)17(16)19(23)27/h1-4,6,10-11,14,16-17,24H,5,7-8H2,(H,22,25)/t10-,11-,14+,16-,17+/m0/s1. The van der Waals surface area contributed by atoms with Gasteiger partial charge in [-0.15, -0.1) is 0 Å². The summed E-state index contributed by atoms with van der Waals surface area (Å²) >= 11 is 0. The van der Waals surface area contributed by atoms with Crippen LogP contribution in [0.3, 0.4) is 0 Å². The van der Waals surface area contributed by atoms with Gasteiger partial charge in [0, 0.05) is 6.54 Å². The molecule has 4 rings (SSSR count). The maximum Gasteiger partial charge on any atom is 0.240 e. The second-order valence-electron chi connectivity index (χ2n) is 7.26. The molecule has 0 unspecified atom stereocenters.